The standard InChI is InChI=1S/C19H16F3N/c1-15-11-13-17(14-12-15)23-18(19(20,21)22)10-6-5-9-16-7-3-2-4-8-16/h2-14H,1H3/b9-5+,10-6+,23-18?. The van der Waals surface area contributed by atoms with Gasteiger partial charge in [0.25, 0.3) is 0 Å². The van der Waals surface area contributed by atoms with Crippen molar-refractivity contribution in [3.63, 3.8) is 0 Å². The number of nitrogens with zero attached hydrogens (tertiary/aromatic N) is 1. The van der Waals surface area contributed by atoms with Crippen LogP contribution in [0.4, 0.5) is 18.9 Å². The molecule has 0 N–H and O–H groups in total. The molecule has 0 aliphatic heterocycles. The van der Waals surface area contributed by atoms with E-state index in [2.05, 4.69) is 4.99 Å². The molecule has 0 saturated carbocycles. The molecule has 0 spiro atoms. The minimum Gasteiger partial charge on any atom is -0.244 e. The van der Waals surface area contributed by atoms with E-state index in [0.717, 1.165) is 17.2 Å². The van der Waals surface area contributed by atoms with Crippen LogP contribution in [-0.2, 0) is 0 Å². The van der Waals surface area contributed by atoms with Gasteiger partial charge in [0.05, 0.1) is 5.69 Å². The summed E-state index contributed by atoms with van der Waals surface area (Å²) in [5.41, 5.74) is 1.23. The van der Waals surface area contributed by atoms with Crippen LogP contribution in [0, 0.1) is 6.92 Å². The molecule has 0 aliphatic rings. The van der Waals surface area contributed by atoms with Crippen LogP contribution >= 0.6 is 0 Å². The average Bonchev–Trinajstić information content (AvgIpc) is 2.52. The van der Waals surface area contributed by atoms with Gasteiger partial charge in [-0.05, 0) is 30.7 Å². The number of allylic oxidation sites excluding steroid dienone is 3. The molecule has 0 fully saturated rings. The fourth-order valence-corrected chi connectivity index (χ4v) is 1.83. The Bertz CT molecular complexity index is 709. The fourth-order valence-electron chi connectivity index (χ4n) is 1.83. The lowest BCUT2D eigenvalue weighted by molar-refractivity contribution is -0.0576. The summed E-state index contributed by atoms with van der Waals surface area (Å²) >= 11 is 0. The maximum absolute atomic E-state index is 13.0. The maximum atomic E-state index is 13.0. The highest BCUT2D eigenvalue weighted by Gasteiger charge is 2.33. The molecule has 0 saturated heterocycles. The second kappa shape index (κ2) is 7.58. The Balaban J connectivity index is 2.18. The molecule has 118 valence electrons. The number of hydrogen-bond acceptors (Lipinski definition) is 1. The highest BCUT2D eigenvalue weighted by Crippen LogP contribution is 2.22. The first-order valence-electron chi connectivity index (χ1n) is 7.07. The summed E-state index contributed by atoms with van der Waals surface area (Å²) in [5, 5.41) is 0. The van der Waals surface area contributed by atoms with E-state index in [1.165, 1.54) is 6.08 Å². The van der Waals surface area contributed by atoms with Gasteiger partial charge in [-0.3, -0.25) is 0 Å². The molecule has 0 unspecified atom stereocenters. The molecule has 2 rings (SSSR count). The SMILES string of the molecule is Cc1ccc(N=C(/C=C/C=C/c2ccccc2)C(F)(F)F)cc1. The van der Waals surface area contributed by atoms with E-state index in [1.54, 1.807) is 36.4 Å². The molecule has 2 aromatic rings. The Morgan fingerprint density at radius 2 is 1.57 bits per heavy atom. The molecule has 0 heterocycles. The van der Waals surface area contributed by atoms with Crippen LogP contribution < -0.4 is 0 Å². The van der Waals surface area contributed by atoms with Gasteiger partial charge in [-0.25, -0.2) is 4.99 Å². The Morgan fingerprint density at radius 3 is 2.17 bits per heavy atom. The number of alkyl halides is 3. The minimum atomic E-state index is -4.50. The average molecular weight is 315 g/mol. The quantitative estimate of drug-likeness (QED) is 0.492. The van der Waals surface area contributed by atoms with Crippen LogP contribution in [0.1, 0.15) is 11.1 Å². The van der Waals surface area contributed by atoms with Gasteiger partial charge in [0, 0.05) is 0 Å². The van der Waals surface area contributed by atoms with Gasteiger partial charge >= 0.3 is 6.18 Å². The number of rotatable bonds is 4. The summed E-state index contributed by atoms with van der Waals surface area (Å²) in [5.74, 6) is 0. The van der Waals surface area contributed by atoms with E-state index >= 15 is 0 Å². The Hall–Kier alpha value is -2.62. The lowest BCUT2D eigenvalue weighted by atomic mass is 10.2. The summed E-state index contributed by atoms with van der Waals surface area (Å²) in [6.07, 6.45) is 1.11. The van der Waals surface area contributed by atoms with Crippen molar-refractivity contribution < 1.29 is 13.2 Å². The van der Waals surface area contributed by atoms with Gasteiger partial charge in [0.15, 0.2) is 0 Å². The van der Waals surface area contributed by atoms with E-state index in [0.29, 0.717) is 0 Å². The summed E-state index contributed by atoms with van der Waals surface area (Å²) in [7, 11) is 0. The van der Waals surface area contributed by atoms with Crippen molar-refractivity contribution in [2.24, 2.45) is 4.99 Å². The molecule has 23 heavy (non-hydrogen) atoms. The third-order valence-corrected chi connectivity index (χ3v) is 3.03. The molecule has 0 aromatic heterocycles. The molecule has 0 bridgehead atoms. The van der Waals surface area contributed by atoms with Crippen LogP contribution in [-0.4, -0.2) is 11.9 Å². The first kappa shape index (κ1) is 16.7. The summed E-state index contributed by atoms with van der Waals surface area (Å²) in [6.45, 7) is 1.87. The third-order valence-electron chi connectivity index (χ3n) is 3.03. The number of hydrogen-bond donors (Lipinski definition) is 0. The van der Waals surface area contributed by atoms with E-state index < -0.39 is 11.9 Å². The van der Waals surface area contributed by atoms with Crippen LogP contribution in [0.2, 0.25) is 0 Å². The van der Waals surface area contributed by atoms with Crippen LogP contribution in [0.25, 0.3) is 6.08 Å². The fraction of sp³-hybridized carbons (Fsp3) is 0.105. The molecule has 0 aliphatic carbocycles. The van der Waals surface area contributed by atoms with Crippen molar-refractivity contribution in [2.75, 3.05) is 0 Å². The zero-order valence-electron chi connectivity index (χ0n) is 12.6. The largest absolute Gasteiger partial charge is 0.433 e. The lowest BCUT2D eigenvalue weighted by Gasteiger charge is -2.06. The monoisotopic (exact) mass is 315 g/mol. The Morgan fingerprint density at radius 1 is 0.913 bits per heavy atom. The number of aliphatic imine (C=N–C) groups is 1. The van der Waals surface area contributed by atoms with Crippen molar-refractivity contribution >= 4 is 17.5 Å². The van der Waals surface area contributed by atoms with E-state index in [4.69, 9.17) is 0 Å². The molecule has 0 atom stereocenters. The molecular formula is C19H16F3N. The maximum Gasteiger partial charge on any atom is 0.433 e. The van der Waals surface area contributed by atoms with Gasteiger partial charge in [0.1, 0.15) is 5.71 Å². The van der Waals surface area contributed by atoms with E-state index in [9.17, 15) is 13.2 Å². The van der Waals surface area contributed by atoms with Crippen molar-refractivity contribution in [3.05, 3.63) is 84.0 Å². The van der Waals surface area contributed by atoms with Gasteiger partial charge in [-0.15, -0.1) is 0 Å². The van der Waals surface area contributed by atoms with Gasteiger partial charge in [-0.2, -0.15) is 13.2 Å². The molecule has 2 aromatic carbocycles. The Labute approximate surface area is 133 Å². The summed E-state index contributed by atoms with van der Waals surface area (Å²) in [4.78, 5) is 3.69. The zero-order valence-corrected chi connectivity index (χ0v) is 12.6. The van der Waals surface area contributed by atoms with Crippen LogP contribution in [0.5, 0.6) is 0 Å². The number of aryl methyl sites for hydroxylation is 1. The highest BCUT2D eigenvalue weighted by atomic mass is 19.4. The van der Waals surface area contributed by atoms with Gasteiger partial charge in [-0.1, -0.05) is 66.3 Å². The van der Waals surface area contributed by atoms with Crippen molar-refractivity contribution in [3.8, 4) is 0 Å². The van der Waals surface area contributed by atoms with Gasteiger partial charge < -0.3 is 0 Å². The predicted octanol–water partition coefficient (Wildman–Crippen LogP) is 5.90. The molecule has 4 heteroatoms. The second-order valence-electron chi connectivity index (χ2n) is 4.96. The topological polar surface area (TPSA) is 12.4 Å². The summed E-state index contributed by atoms with van der Waals surface area (Å²) in [6, 6.07) is 15.9. The van der Waals surface area contributed by atoms with E-state index in [1.807, 2.05) is 37.3 Å². The normalized spacial score (nSPS) is 13.1. The first-order valence-corrected chi connectivity index (χ1v) is 7.07. The second-order valence-corrected chi connectivity index (χ2v) is 4.96. The van der Waals surface area contributed by atoms with Crippen LogP contribution in [0.15, 0.2) is 77.8 Å². The lowest BCUT2D eigenvalue weighted by Crippen LogP contribution is -2.20. The minimum absolute atomic E-state index is 0.277. The number of benzene rings is 2. The number of halogens is 3. The molecular weight excluding hydrogens is 299 g/mol. The van der Waals surface area contributed by atoms with Crippen molar-refractivity contribution in [1.82, 2.24) is 0 Å². The highest BCUT2D eigenvalue weighted by molar-refractivity contribution is 6.01. The third kappa shape index (κ3) is 5.58. The first-order chi connectivity index (χ1) is 10.9. The van der Waals surface area contributed by atoms with Gasteiger partial charge in [0.2, 0.25) is 0 Å². The Kier molecular flexibility index (Phi) is 5.52. The zero-order chi connectivity index (χ0) is 16.7. The molecule has 0 radical (unpaired) electrons. The predicted molar refractivity (Wildman–Crippen MR) is 88.9 cm³/mol. The van der Waals surface area contributed by atoms with Crippen LogP contribution in [0.3, 0.4) is 0 Å². The smallest absolute Gasteiger partial charge is 0.244 e. The summed E-state index contributed by atoms with van der Waals surface area (Å²) < 4.78 is 39.1. The van der Waals surface area contributed by atoms with E-state index in [-0.39, 0.29) is 5.69 Å². The van der Waals surface area contributed by atoms with Crippen molar-refractivity contribution in [2.45, 2.75) is 13.1 Å². The van der Waals surface area contributed by atoms with Crippen molar-refractivity contribution in [1.29, 1.82) is 0 Å². The molecule has 0 amide bonds. The molecule has 1 nitrogen and oxygen atoms in total.